The number of ether oxygens (including phenoxy) is 1. The van der Waals surface area contributed by atoms with E-state index in [0.29, 0.717) is 28.3 Å². The van der Waals surface area contributed by atoms with Gasteiger partial charge in [-0.3, -0.25) is 14.9 Å². The number of halogens is 1. The van der Waals surface area contributed by atoms with E-state index in [1.165, 1.54) is 41.4 Å². The van der Waals surface area contributed by atoms with Gasteiger partial charge in [-0.05, 0) is 42.0 Å². The lowest BCUT2D eigenvalue weighted by atomic mass is 10.00. The Morgan fingerprint density at radius 1 is 0.892 bits per heavy atom. The molecule has 1 heterocycles. The van der Waals surface area contributed by atoms with Gasteiger partial charge < -0.3 is 4.74 Å². The smallest absolute Gasteiger partial charge is 0.281 e. The van der Waals surface area contributed by atoms with Crippen molar-refractivity contribution in [2.24, 2.45) is 5.10 Å². The summed E-state index contributed by atoms with van der Waals surface area (Å²) in [7, 11) is 0. The van der Waals surface area contributed by atoms with Crippen molar-refractivity contribution in [2.45, 2.75) is 6.61 Å². The normalized spacial score (nSPS) is 14.1. The molecule has 0 N–H and O–H groups in total. The van der Waals surface area contributed by atoms with Gasteiger partial charge in [-0.25, -0.2) is 4.39 Å². The average molecular weight is 493 g/mol. The van der Waals surface area contributed by atoms with Crippen molar-refractivity contribution in [1.82, 2.24) is 0 Å². The summed E-state index contributed by atoms with van der Waals surface area (Å²) in [5.74, 6) is -0.145. The molecule has 0 unspecified atom stereocenters. The van der Waals surface area contributed by atoms with Crippen LogP contribution in [0.4, 0.5) is 15.8 Å². The summed E-state index contributed by atoms with van der Waals surface area (Å²) < 4.78 is 19.2. The lowest BCUT2D eigenvalue weighted by molar-refractivity contribution is -0.384. The van der Waals surface area contributed by atoms with Crippen LogP contribution in [0.25, 0.3) is 6.08 Å². The van der Waals surface area contributed by atoms with Gasteiger partial charge in [0, 0.05) is 23.3 Å². The zero-order chi connectivity index (χ0) is 25.8. The van der Waals surface area contributed by atoms with Crippen LogP contribution in [0.2, 0.25) is 0 Å². The molecule has 7 nitrogen and oxygen atoms in total. The Hall–Kier alpha value is -5.11. The summed E-state index contributed by atoms with van der Waals surface area (Å²) in [5.41, 5.74) is 3.37. The molecule has 0 saturated carbocycles. The number of hydrazone groups is 1. The fraction of sp³-hybridized carbons (Fsp3) is 0.0345. The van der Waals surface area contributed by atoms with Gasteiger partial charge in [-0.15, -0.1) is 0 Å². The fourth-order valence-electron chi connectivity index (χ4n) is 3.87. The van der Waals surface area contributed by atoms with E-state index in [1.54, 1.807) is 24.3 Å². The summed E-state index contributed by atoms with van der Waals surface area (Å²) in [6.07, 6.45) is 1.72. The molecule has 4 aromatic rings. The van der Waals surface area contributed by atoms with Crippen LogP contribution in [0.5, 0.6) is 5.75 Å². The molecule has 0 atom stereocenters. The molecule has 0 fully saturated rings. The summed E-state index contributed by atoms with van der Waals surface area (Å²) in [5, 5.41) is 16.9. The van der Waals surface area contributed by atoms with Crippen LogP contribution in [0.15, 0.2) is 114 Å². The lowest BCUT2D eigenvalue weighted by Gasteiger charge is -2.12. The van der Waals surface area contributed by atoms with Gasteiger partial charge in [0.25, 0.3) is 11.6 Å². The molecule has 1 aliphatic heterocycles. The molecule has 8 heteroatoms. The van der Waals surface area contributed by atoms with Gasteiger partial charge in [-0.2, -0.15) is 10.1 Å². The van der Waals surface area contributed by atoms with Crippen LogP contribution in [0.1, 0.15) is 16.7 Å². The quantitative estimate of drug-likeness (QED) is 0.176. The summed E-state index contributed by atoms with van der Waals surface area (Å²) >= 11 is 0. The minimum absolute atomic E-state index is 0.0781. The maximum atomic E-state index is 13.6. The Bertz CT molecular complexity index is 1520. The van der Waals surface area contributed by atoms with E-state index in [0.717, 1.165) is 11.1 Å². The number of carbonyl (C=O) groups is 1. The van der Waals surface area contributed by atoms with Crippen LogP contribution in [-0.2, 0) is 11.4 Å². The largest absolute Gasteiger partial charge is 0.488 e. The van der Waals surface area contributed by atoms with Crippen LogP contribution < -0.4 is 9.75 Å². The number of nitro groups is 1. The van der Waals surface area contributed by atoms with Gasteiger partial charge in [0.15, 0.2) is 0 Å². The second-order valence-corrected chi connectivity index (χ2v) is 8.22. The van der Waals surface area contributed by atoms with E-state index in [4.69, 9.17) is 4.74 Å². The number of hydrogen-bond donors (Lipinski definition) is 0. The number of nitrogens with zero attached hydrogens (tertiary/aromatic N) is 3. The van der Waals surface area contributed by atoms with E-state index in [2.05, 4.69) is 5.10 Å². The Kier molecular flexibility index (Phi) is 6.54. The Morgan fingerprint density at radius 3 is 2.27 bits per heavy atom. The number of amides is 1. The maximum absolute atomic E-state index is 13.6. The van der Waals surface area contributed by atoms with E-state index in [1.807, 2.05) is 48.5 Å². The summed E-state index contributed by atoms with van der Waals surface area (Å²) in [6.45, 7) is 0.225. The van der Waals surface area contributed by atoms with E-state index in [-0.39, 0.29) is 24.0 Å². The lowest BCUT2D eigenvalue weighted by Crippen LogP contribution is -2.21. The standard InChI is InChI=1S/C29H20FN3O4/c30-23-12-10-20(11-13-23)19-37-27-9-5-4-8-22(27)18-26-28(21-6-2-1-3-7-21)31-32(29(26)34)24-14-16-25(17-15-24)33(35)36/h1-18H,19H2/b26-18+. The first-order valence-electron chi connectivity index (χ1n) is 11.4. The highest BCUT2D eigenvalue weighted by molar-refractivity contribution is 6.37. The third-order valence-electron chi connectivity index (χ3n) is 5.76. The molecule has 1 aliphatic rings. The number of hydrogen-bond acceptors (Lipinski definition) is 5. The average Bonchev–Trinajstić information content (AvgIpc) is 3.25. The van der Waals surface area contributed by atoms with Crippen molar-refractivity contribution >= 4 is 29.1 Å². The van der Waals surface area contributed by atoms with Gasteiger partial charge in [0.2, 0.25) is 0 Å². The Labute approximate surface area is 211 Å². The molecule has 5 rings (SSSR count). The second kappa shape index (κ2) is 10.2. The molecule has 1 amide bonds. The minimum atomic E-state index is -0.498. The first-order valence-corrected chi connectivity index (χ1v) is 11.4. The topological polar surface area (TPSA) is 85.0 Å². The zero-order valence-corrected chi connectivity index (χ0v) is 19.5. The first kappa shape index (κ1) is 23.6. The Morgan fingerprint density at radius 2 is 1.57 bits per heavy atom. The number of para-hydroxylation sites is 1. The first-order chi connectivity index (χ1) is 18.0. The summed E-state index contributed by atoms with van der Waals surface area (Å²) in [4.78, 5) is 24.1. The fourth-order valence-corrected chi connectivity index (χ4v) is 3.87. The number of carbonyl (C=O) groups excluding carboxylic acids is 1. The zero-order valence-electron chi connectivity index (χ0n) is 19.5. The number of rotatable bonds is 7. The highest BCUT2D eigenvalue weighted by Crippen LogP contribution is 2.31. The number of benzene rings is 4. The summed E-state index contributed by atoms with van der Waals surface area (Å²) in [6, 6.07) is 28.3. The van der Waals surface area contributed by atoms with E-state index >= 15 is 0 Å². The van der Waals surface area contributed by atoms with Gasteiger partial charge in [0.05, 0.1) is 16.2 Å². The minimum Gasteiger partial charge on any atom is -0.488 e. The molecule has 37 heavy (non-hydrogen) atoms. The number of nitro benzene ring substituents is 1. The number of non-ortho nitro benzene ring substituents is 1. The van der Waals surface area contributed by atoms with Crippen LogP contribution in [0.3, 0.4) is 0 Å². The molecule has 0 aliphatic carbocycles. The molecule has 182 valence electrons. The molecule has 0 radical (unpaired) electrons. The third kappa shape index (κ3) is 5.13. The molecule has 0 spiro atoms. The predicted octanol–water partition coefficient (Wildman–Crippen LogP) is 6.15. The van der Waals surface area contributed by atoms with E-state index < -0.39 is 4.92 Å². The Balaban J connectivity index is 1.50. The van der Waals surface area contributed by atoms with Crippen molar-refractivity contribution < 1.29 is 18.8 Å². The molecule has 0 saturated heterocycles. The van der Waals surface area contributed by atoms with Gasteiger partial charge in [-0.1, -0.05) is 60.7 Å². The highest BCUT2D eigenvalue weighted by atomic mass is 19.1. The van der Waals surface area contributed by atoms with Crippen molar-refractivity contribution in [3.05, 3.63) is 141 Å². The van der Waals surface area contributed by atoms with Crippen LogP contribution in [-0.4, -0.2) is 16.5 Å². The van der Waals surface area contributed by atoms with Crippen molar-refractivity contribution in [2.75, 3.05) is 5.01 Å². The monoisotopic (exact) mass is 493 g/mol. The molecular weight excluding hydrogens is 473 g/mol. The third-order valence-corrected chi connectivity index (χ3v) is 5.76. The van der Waals surface area contributed by atoms with Crippen LogP contribution >= 0.6 is 0 Å². The predicted molar refractivity (Wildman–Crippen MR) is 139 cm³/mol. The second-order valence-electron chi connectivity index (χ2n) is 8.22. The molecule has 0 aromatic heterocycles. The molecule has 0 bridgehead atoms. The van der Waals surface area contributed by atoms with E-state index in [9.17, 15) is 19.3 Å². The highest BCUT2D eigenvalue weighted by Gasteiger charge is 2.32. The molecule has 4 aromatic carbocycles. The van der Waals surface area contributed by atoms with Gasteiger partial charge in [0.1, 0.15) is 23.9 Å². The van der Waals surface area contributed by atoms with Crippen molar-refractivity contribution in [3.63, 3.8) is 0 Å². The van der Waals surface area contributed by atoms with Crippen LogP contribution in [0, 0.1) is 15.9 Å². The SMILES string of the molecule is O=C1/C(=C/c2ccccc2OCc2ccc(F)cc2)C(c2ccccc2)=NN1c1ccc([N+](=O)[O-])cc1. The molecular formula is C29H20FN3O4. The van der Waals surface area contributed by atoms with Crippen molar-refractivity contribution in [1.29, 1.82) is 0 Å². The van der Waals surface area contributed by atoms with Gasteiger partial charge >= 0.3 is 0 Å². The van der Waals surface area contributed by atoms with Crippen molar-refractivity contribution in [3.8, 4) is 5.75 Å². The maximum Gasteiger partial charge on any atom is 0.281 e. The number of anilines is 1.